The summed E-state index contributed by atoms with van der Waals surface area (Å²) in [6.07, 6.45) is 15.3. The number of rotatable bonds is 4. The van der Waals surface area contributed by atoms with Crippen molar-refractivity contribution in [1.82, 2.24) is 15.0 Å². The third-order valence-corrected chi connectivity index (χ3v) is 11.2. The number of furan rings is 1. The number of hydrogen-bond acceptors (Lipinski definition) is 5. The van der Waals surface area contributed by atoms with Crippen molar-refractivity contribution in [2.45, 2.75) is 28.9 Å². The van der Waals surface area contributed by atoms with Crippen LogP contribution < -0.4 is 0 Å². The molecular weight excluding hydrogens is 607 g/mol. The van der Waals surface area contributed by atoms with E-state index in [4.69, 9.17) is 19.4 Å². The summed E-state index contributed by atoms with van der Waals surface area (Å²) in [6.45, 7) is 0. The molecule has 0 radical (unpaired) electrons. The Labute approximate surface area is 282 Å². The van der Waals surface area contributed by atoms with Crippen LogP contribution in [-0.4, -0.2) is 20.2 Å². The van der Waals surface area contributed by atoms with Crippen LogP contribution in [0.5, 0.6) is 0 Å². The molecule has 1 aliphatic heterocycles. The van der Waals surface area contributed by atoms with Gasteiger partial charge < -0.3 is 4.42 Å². The Morgan fingerprint density at radius 3 is 2.46 bits per heavy atom. The quantitative estimate of drug-likeness (QED) is 0.193. The van der Waals surface area contributed by atoms with Gasteiger partial charge in [0.2, 0.25) is 0 Å². The number of nitrogens with zero attached hydrogens (tertiary/aromatic N) is 3. The number of thioether (sulfide) groups is 1. The summed E-state index contributed by atoms with van der Waals surface area (Å²) in [5, 5.41) is 4.74. The lowest BCUT2D eigenvalue weighted by molar-refractivity contribution is 0.669. The minimum atomic E-state index is 0.213. The molecule has 5 heteroatoms. The maximum absolute atomic E-state index is 6.53. The Morgan fingerprint density at radius 1 is 0.688 bits per heavy atom. The molecule has 2 atom stereocenters. The van der Waals surface area contributed by atoms with Gasteiger partial charge in [-0.15, -0.1) is 11.8 Å². The standard InChI is InChI=1S/C43H29N3OS/c1-2-11-27(12-3-1)41-44-42(46-43(45-41)35-17-8-15-32-31-14-6-7-19-38(31)48-40(32)35)34-16-9-18-36-39(34)33-23-22-30(25-37(33)47-36)29-21-20-26-10-4-5-13-28(26)24-29/h2,4-25,32,40H,1,3H2. The van der Waals surface area contributed by atoms with Crippen molar-refractivity contribution < 1.29 is 4.42 Å². The molecule has 2 aliphatic carbocycles. The first kappa shape index (κ1) is 27.6. The molecule has 4 nitrogen and oxygen atoms in total. The Kier molecular flexibility index (Phi) is 6.34. The van der Waals surface area contributed by atoms with E-state index in [1.807, 2.05) is 23.9 Å². The maximum atomic E-state index is 6.53. The SMILES string of the molecule is C1=CC2c3ccccc3SC2C(c2nc(C3=CCCC=C3)nc(-c3cccc4oc5cc(-c6ccc7ccccc7c6)ccc5c34)n2)=C1. The average Bonchev–Trinajstić information content (AvgIpc) is 3.73. The molecule has 3 heterocycles. The third-order valence-electron chi connectivity index (χ3n) is 9.73. The van der Waals surface area contributed by atoms with Gasteiger partial charge in [-0.3, -0.25) is 0 Å². The van der Waals surface area contributed by atoms with Gasteiger partial charge in [0.1, 0.15) is 11.2 Å². The van der Waals surface area contributed by atoms with Gasteiger partial charge in [0.15, 0.2) is 17.5 Å². The van der Waals surface area contributed by atoms with Gasteiger partial charge in [-0.25, -0.2) is 15.0 Å². The monoisotopic (exact) mass is 635 g/mol. The summed E-state index contributed by atoms with van der Waals surface area (Å²) in [7, 11) is 0. The van der Waals surface area contributed by atoms with Crippen molar-refractivity contribution in [1.29, 1.82) is 0 Å². The highest BCUT2D eigenvalue weighted by Crippen LogP contribution is 2.52. The minimum Gasteiger partial charge on any atom is -0.456 e. The van der Waals surface area contributed by atoms with Gasteiger partial charge in [0.05, 0.1) is 0 Å². The zero-order valence-electron chi connectivity index (χ0n) is 26.0. The molecule has 3 aliphatic rings. The van der Waals surface area contributed by atoms with E-state index >= 15 is 0 Å². The first-order chi connectivity index (χ1) is 23.8. The molecule has 0 N–H and O–H groups in total. The summed E-state index contributed by atoms with van der Waals surface area (Å²) in [5.74, 6) is 2.40. The van der Waals surface area contributed by atoms with E-state index in [1.165, 1.54) is 21.2 Å². The van der Waals surface area contributed by atoms with E-state index in [0.29, 0.717) is 17.6 Å². The first-order valence-corrected chi connectivity index (χ1v) is 17.4. The van der Waals surface area contributed by atoms with Crippen LogP contribution >= 0.6 is 11.8 Å². The predicted molar refractivity (Wildman–Crippen MR) is 198 cm³/mol. The van der Waals surface area contributed by atoms with Gasteiger partial charge in [-0.2, -0.15) is 0 Å². The second kappa shape index (κ2) is 11.0. The Balaban J connectivity index is 1.12. The van der Waals surface area contributed by atoms with Gasteiger partial charge >= 0.3 is 0 Å². The van der Waals surface area contributed by atoms with E-state index in [2.05, 4.69) is 127 Å². The molecule has 7 aromatic rings. The van der Waals surface area contributed by atoms with Gasteiger partial charge in [0.25, 0.3) is 0 Å². The largest absolute Gasteiger partial charge is 0.456 e. The molecule has 0 bridgehead atoms. The van der Waals surface area contributed by atoms with E-state index in [-0.39, 0.29) is 5.25 Å². The lowest BCUT2D eigenvalue weighted by Gasteiger charge is -2.22. The van der Waals surface area contributed by atoms with Crippen molar-refractivity contribution in [3.05, 3.63) is 157 Å². The number of fused-ring (bicyclic) bond motifs is 7. The Bertz CT molecular complexity index is 2570. The van der Waals surface area contributed by atoms with E-state index in [1.54, 1.807) is 0 Å². The van der Waals surface area contributed by atoms with Crippen molar-refractivity contribution in [3.63, 3.8) is 0 Å². The van der Waals surface area contributed by atoms with E-state index in [0.717, 1.165) is 68.4 Å². The van der Waals surface area contributed by atoms with E-state index in [9.17, 15) is 0 Å². The zero-order chi connectivity index (χ0) is 31.6. The maximum Gasteiger partial charge on any atom is 0.164 e. The van der Waals surface area contributed by atoms with Crippen LogP contribution in [0.4, 0.5) is 0 Å². The van der Waals surface area contributed by atoms with Crippen LogP contribution in [0.3, 0.4) is 0 Å². The number of aromatic nitrogens is 3. The second-order valence-electron chi connectivity index (χ2n) is 12.6. The van der Waals surface area contributed by atoms with Crippen molar-refractivity contribution >= 4 is 55.6 Å². The van der Waals surface area contributed by atoms with Crippen LogP contribution in [-0.2, 0) is 0 Å². The highest BCUT2D eigenvalue weighted by Gasteiger charge is 2.37. The number of benzene rings is 5. The average molecular weight is 636 g/mol. The molecule has 5 aromatic carbocycles. The molecule has 48 heavy (non-hydrogen) atoms. The normalized spacial score (nSPS) is 18.2. The molecule has 2 aromatic heterocycles. The van der Waals surface area contributed by atoms with Crippen molar-refractivity contribution in [2.75, 3.05) is 0 Å². The predicted octanol–water partition coefficient (Wildman–Crippen LogP) is 11.2. The minimum absolute atomic E-state index is 0.213. The van der Waals surface area contributed by atoms with Crippen LogP contribution in [0.25, 0.3) is 66.4 Å². The topological polar surface area (TPSA) is 51.8 Å². The number of hydrogen-bond donors (Lipinski definition) is 0. The Hall–Kier alpha value is -5.52. The first-order valence-electron chi connectivity index (χ1n) is 16.5. The summed E-state index contributed by atoms with van der Waals surface area (Å²) in [5.41, 5.74) is 8.45. The van der Waals surface area contributed by atoms with Crippen LogP contribution in [0.1, 0.15) is 36.0 Å². The summed E-state index contributed by atoms with van der Waals surface area (Å²) < 4.78 is 6.53. The fourth-order valence-corrected chi connectivity index (χ4v) is 8.83. The molecule has 2 unspecified atom stereocenters. The molecule has 0 fully saturated rings. The summed E-state index contributed by atoms with van der Waals surface area (Å²) >= 11 is 1.91. The molecule has 0 amide bonds. The fourth-order valence-electron chi connectivity index (χ4n) is 7.37. The van der Waals surface area contributed by atoms with Crippen molar-refractivity contribution in [2.24, 2.45) is 0 Å². The zero-order valence-corrected chi connectivity index (χ0v) is 26.8. The van der Waals surface area contributed by atoms with Crippen LogP contribution in [0, 0.1) is 0 Å². The molecule has 0 spiro atoms. The van der Waals surface area contributed by atoms with Crippen molar-refractivity contribution in [3.8, 4) is 22.5 Å². The molecular formula is C43H29N3OS. The second-order valence-corrected chi connectivity index (χ2v) is 13.8. The molecule has 0 saturated heterocycles. The smallest absolute Gasteiger partial charge is 0.164 e. The van der Waals surface area contributed by atoms with Gasteiger partial charge in [0, 0.05) is 43.5 Å². The molecule has 10 rings (SSSR count). The lowest BCUT2D eigenvalue weighted by atomic mass is 9.88. The number of allylic oxidation sites excluding steroid dienone is 7. The lowest BCUT2D eigenvalue weighted by Crippen LogP contribution is -2.16. The van der Waals surface area contributed by atoms with Gasteiger partial charge in [-0.05, 0) is 70.6 Å². The van der Waals surface area contributed by atoms with Gasteiger partial charge in [-0.1, -0.05) is 109 Å². The molecule has 228 valence electrons. The fraction of sp³-hybridized carbons (Fsp3) is 0.0930. The third kappa shape index (κ3) is 4.49. The summed E-state index contributed by atoms with van der Waals surface area (Å²) in [6, 6.07) is 36.5. The highest BCUT2D eigenvalue weighted by atomic mass is 32.2. The summed E-state index contributed by atoms with van der Waals surface area (Å²) in [4.78, 5) is 16.9. The molecule has 0 saturated carbocycles. The Morgan fingerprint density at radius 2 is 1.52 bits per heavy atom. The van der Waals surface area contributed by atoms with Crippen LogP contribution in [0.2, 0.25) is 0 Å². The highest BCUT2D eigenvalue weighted by molar-refractivity contribution is 8.00. The van der Waals surface area contributed by atoms with E-state index < -0.39 is 0 Å². The van der Waals surface area contributed by atoms with Crippen LogP contribution in [0.15, 0.2) is 149 Å².